The Morgan fingerprint density at radius 1 is 1.37 bits per heavy atom. The molecule has 0 bridgehead atoms. The lowest BCUT2D eigenvalue weighted by molar-refractivity contribution is -0.0104. The minimum atomic E-state index is -0.0745. The third kappa shape index (κ3) is 4.77. The molecule has 7 nitrogen and oxygen atoms in total. The average molecular weight is 432 g/mol. The molecule has 0 spiro atoms. The number of nitrogens with one attached hydrogen (secondary N) is 2. The minimum absolute atomic E-state index is 0.0745. The first-order valence-electron chi connectivity index (χ1n) is 10.9. The highest BCUT2D eigenvalue weighted by Crippen LogP contribution is 2.25. The molecule has 1 unspecified atom stereocenters. The second-order valence-electron chi connectivity index (χ2n) is 8.89. The average Bonchev–Trinajstić information content (AvgIpc) is 3.39. The van der Waals surface area contributed by atoms with Gasteiger partial charge in [-0.05, 0) is 44.6 Å². The Bertz CT molecular complexity index is 855. The zero-order chi connectivity index (χ0) is 21.1. The van der Waals surface area contributed by atoms with Gasteiger partial charge in [-0.2, -0.15) is 5.10 Å². The van der Waals surface area contributed by atoms with E-state index in [0.29, 0.717) is 18.3 Å². The van der Waals surface area contributed by atoms with Crippen molar-refractivity contribution in [2.45, 2.75) is 51.2 Å². The lowest BCUT2D eigenvalue weighted by Crippen LogP contribution is -2.56. The normalized spacial score (nSPS) is 20.2. The maximum absolute atomic E-state index is 12.8. The van der Waals surface area contributed by atoms with Crippen LogP contribution in [-0.4, -0.2) is 65.0 Å². The summed E-state index contributed by atoms with van der Waals surface area (Å²) in [5.74, 6) is -0.0745. The second-order valence-corrected chi connectivity index (χ2v) is 9.92. The second kappa shape index (κ2) is 9.18. The fourth-order valence-electron chi connectivity index (χ4n) is 4.48. The summed E-state index contributed by atoms with van der Waals surface area (Å²) < 4.78 is 7.39. The SMILES string of the molecule is Cn1nc(C(=O)NCc2cccs2)c2c1CCC(NCC(C)(C)N1CCOCC1)C2. The van der Waals surface area contributed by atoms with Gasteiger partial charge < -0.3 is 15.4 Å². The quantitative estimate of drug-likeness (QED) is 0.701. The fourth-order valence-corrected chi connectivity index (χ4v) is 5.13. The predicted octanol–water partition coefficient (Wildman–Crippen LogP) is 1.97. The van der Waals surface area contributed by atoms with Crippen LogP contribution in [0.1, 0.15) is 46.9 Å². The monoisotopic (exact) mass is 431 g/mol. The first kappa shape index (κ1) is 21.5. The van der Waals surface area contributed by atoms with Crippen molar-refractivity contribution in [2.75, 3.05) is 32.8 Å². The third-order valence-electron chi connectivity index (χ3n) is 6.36. The molecule has 0 saturated carbocycles. The number of carbonyl (C=O) groups is 1. The van der Waals surface area contributed by atoms with E-state index < -0.39 is 0 Å². The molecule has 30 heavy (non-hydrogen) atoms. The van der Waals surface area contributed by atoms with Gasteiger partial charge in [0.1, 0.15) is 0 Å². The Balaban J connectivity index is 1.38. The highest BCUT2D eigenvalue weighted by molar-refractivity contribution is 7.09. The van der Waals surface area contributed by atoms with Gasteiger partial charge in [0.25, 0.3) is 5.91 Å². The lowest BCUT2D eigenvalue weighted by Gasteiger charge is -2.42. The highest BCUT2D eigenvalue weighted by Gasteiger charge is 2.32. The van der Waals surface area contributed by atoms with Crippen LogP contribution in [0.5, 0.6) is 0 Å². The van der Waals surface area contributed by atoms with Crippen LogP contribution in [0.2, 0.25) is 0 Å². The summed E-state index contributed by atoms with van der Waals surface area (Å²) in [5, 5.41) is 13.4. The number of aromatic nitrogens is 2. The molecule has 0 radical (unpaired) electrons. The van der Waals surface area contributed by atoms with Crippen LogP contribution in [0.25, 0.3) is 0 Å². The number of carbonyl (C=O) groups excluding carboxylic acids is 1. The summed E-state index contributed by atoms with van der Waals surface area (Å²) in [6.07, 6.45) is 2.87. The van der Waals surface area contributed by atoms with Crippen molar-refractivity contribution in [3.63, 3.8) is 0 Å². The van der Waals surface area contributed by atoms with E-state index in [9.17, 15) is 4.79 Å². The number of hydrogen-bond acceptors (Lipinski definition) is 6. The smallest absolute Gasteiger partial charge is 0.272 e. The van der Waals surface area contributed by atoms with Gasteiger partial charge in [0.15, 0.2) is 5.69 Å². The molecule has 4 rings (SSSR count). The van der Waals surface area contributed by atoms with Gasteiger partial charge in [0.05, 0.1) is 19.8 Å². The molecule has 1 aliphatic heterocycles. The molecule has 3 heterocycles. The van der Waals surface area contributed by atoms with E-state index in [1.165, 1.54) is 5.69 Å². The summed E-state index contributed by atoms with van der Waals surface area (Å²) in [5.41, 5.74) is 2.97. The van der Waals surface area contributed by atoms with E-state index in [1.807, 2.05) is 29.2 Å². The molecule has 2 aromatic heterocycles. The van der Waals surface area contributed by atoms with Gasteiger partial charge in [0.2, 0.25) is 0 Å². The number of hydrogen-bond donors (Lipinski definition) is 2. The van der Waals surface area contributed by atoms with Crippen molar-refractivity contribution in [2.24, 2.45) is 7.05 Å². The third-order valence-corrected chi connectivity index (χ3v) is 7.24. The summed E-state index contributed by atoms with van der Waals surface area (Å²) in [6.45, 7) is 9.68. The van der Waals surface area contributed by atoms with Gasteiger partial charge in [-0.15, -0.1) is 11.3 Å². The van der Waals surface area contributed by atoms with Gasteiger partial charge in [-0.3, -0.25) is 14.4 Å². The van der Waals surface area contributed by atoms with Gasteiger partial charge >= 0.3 is 0 Å². The maximum Gasteiger partial charge on any atom is 0.272 e. The Labute approximate surface area is 182 Å². The lowest BCUT2D eigenvalue weighted by atomic mass is 9.90. The molecule has 0 aromatic carbocycles. The molecule has 1 saturated heterocycles. The van der Waals surface area contributed by atoms with Gasteiger partial charge in [0, 0.05) is 54.4 Å². The summed E-state index contributed by atoms with van der Waals surface area (Å²) in [6, 6.07) is 4.41. The van der Waals surface area contributed by atoms with Crippen molar-refractivity contribution in [3.05, 3.63) is 39.3 Å². The number of thiophene rings is 1. The van der Waals surface area contributed by atoms with E-state index in [0.717, 1.165) is 62.6 Å². The minimum Gasteiger partial charge on any atom is -0.379 e. The summed E-state index contributed by atoms with van der Waals surface area (Å²) >= 11 is 1.65. The number of ether oxygens (including phenoxy) is 1. The molecule has 1 fully saturated rings. The first-order valence-corrected chi connectivity index (χ1v) is 11.7. The number of aryl methyl sites for hydroxylation is 1. The van der Waals surface area contributed by atoms with E-state index in [1.54, 1.807) is 11.3 Å². The van der Waals surface area contributed by atoms with Crippen LogP contribution in [0, 0.1) is 0 Å². The zero-order valence-corrected chi connectivity index (χ0v) is 19.1. The molecular weight excluding hydrogens is 398 g/mol. The summed E-state index contributed by atoms with van der Waals surface area (Å²) in [7, 11) is 1.95. The van der Waals surface area contributed by atoms with Crippen LogP contribution in [0.4, 0.5) is 0 Å². The molecule has 164 valence electrons. The van der Waals surface area contributed by atoms with E-state index in [-0.39, 0.29) is 11.4 Å². The van der Waals surface area contributed by atoms with E-state index in [2.05, 4.69) is 34.5 Å². The predicted molar refractivity (Wildman–Crippen MR) is 119 cm³/mol. The van der Waals surface area contributed by atoms with Crippen molar-refractivity contribution in [1.29, 1.82) is 0 Å². The fraction of sp³-hybridized carbons (Fsp3) is 0.636. The van der Waals surface area contributed by atoms with Crippen molar-refractivity contribution >= 4 is 17.2 Å². The number of amides is 1. The first-order chi connectivity index (χ1) is 14.4. The van der Waals surface area contributed by atoms with E-state index in [4.69, 9.17) is 4.74 Å². The van der Waals surface area contributed by atoms with Crippen molar-refractivity contribution in [3.8, 4) is 0 Å². The molecule has 1 atom stereocenters. The van der Waals surface area contributed by atoms with Gasteiger partial charge in [-0.1, -0.05) is 6.07 Å². The van der Waals surface area contributed by atoms with Crippen molar-refractivity contribution < 1.29 is 9.53 Å². The Kier molecular flexibility index (Phi) is 6.57. The highest BCUT2D eigenvalue weighted by atomic mass is 32.1. The van der Waals surface area contributed by atoms with Crippen LogP contribution >= 0.6 is 11.3 Å². The van der Waals surface area contributed by atoms with Crippen LogP contribution in [0.15, 0.2) is 17.5 Å². The largest absolute Gasteiger partial charge is 0.379 e. The molecular formula is C22H33N5O2S. The molecule has 2 N–H and O–H groups in total. The van der Waals surface area contributed by atoms with Crippen molar-refractivity contribution in [1.82, 2.24) is 25.3 Å². The topological polar surface area (TPSA) is 71.4 Å². The standard InChI is InChI=1S/C22H33N5O2S/c1-22(2,27-8-10-29-11-9-27)15-24-16-6-7-19-18(13-16)20(25-26(19)3)21(28)23-14-17-5-4-12-30-17/h4-5,12,16,24H,6-11,13-15H2,1-3H3,(H,23,28). The number of fused-ring (bicyclic) bond motifs is 1. The maximum atomic E-state index is 12.8. The van der Waals surface area contributed by atoms with Crippen LogP contribution in [-0.2, 0) is 31.2 Å². The number of nitrogens with zero attached hydrogens (tertiary/aromatic N) is 3. The van der Waals surface area contributed by atoms with E-state index >= 15 is 0 Å². The Morgan fingerprint density at radius 2 is 2.17 bits per heavy atom. The number of morpholine rings is 1. The summed E-state index contributed by atoms with van der Waals surface area (Å²) in [4.78, 5) is 16.5. The Hall–Kier alpha value is -1.74. The molecule has 1 amide bonds. The molecule has 8 heteroatoms. The van der Waals surface area contributed by atoms with Crippen LogP contribution in [0.3, 0.4) is 0 Å². The number of rotatable bonds is 7. The molecule has 2 aromatic rings. The van der Waals surface area contributed by atoms with Gasteiger partial charge in [-0.25, -0.2) is 0 Å². The zero-order valence-electron chi connectivity index (χ0n) is 18.2. The molecule has 2 aliphatic rings. The Morgan fingerprint density at radius 3 is 2.90 bits per heavy atom. The molecule has 1 aliphatic carbocycles. The van der Waals surface area contributed by atoms with Crippen LogP contribution < -0.4 is 10.6 Å².